The molecule has 1 fully saturated rings. The van der Waals surface area contributed by atoms with Crippen LogP contribution in [0, 0.1) is 23.3 Å². The lowest BCUT2D eigenvalue weighted by atomic mass is 10.0. The van der Waals surface area contributed by atoms with Crippen LogP contribution in [0.2, 0.25) is 0 Å². The maximum atomic E-state index is 13.0. The van der Waals surface area contributed by atoms with Crippen LogP contribution >= 0.6 is 60.4 Å². The number of amides is 3. The molecule has 628 valence electrons. The number of aliphatic hydroxyl groups excluding tert-OH is 2. The van der Waals surface area contributed by atoms with Gasteiger partial charge in [0.25, 0.3) is 5.91 Å². The number of aliphatic carboxylic acids is 2. The summed E-state index contributed by atoms with van der Waals surface area (Å²) in [5.74, 6) is -4.66. The van der Waals surface area contributed by atoms with Crippen molar-refractivity contribution in [1.82, 2.24) is 36.1 Å². The van der Waals surface area contributed by atoms with Gasteiger partial charge in [0.1, 0.15) is 109 Å². The number of anilines is 1. The van der Waals surface area contributed by atoms with E-state index in [2.05, 4.69) is 56.1 Å². The second-order valence-electron chi connectivity index (χ2n) is 23.2. The molecule has 7 aromatic rings. The van der Waals surface area contributed by atoms with E-state index >= 15 is 0 Å². The van der Waals surface area contributed by atoms with Crippen molar-refractivity contribution in [2.75, 3.05) is 98.9 Å². The highest BCUT2D eigenvalue weighted by molar-refractivity contribution is 6.40. The number of benzene rings is 5. The van der Waals surface area contributed by atoms with Crippen molar-refractivity contribution >= 4 is 131 Å². The number of nitrogens with one attached hydrogen (secondary N) is 6. The number of hydrogen-bond acceptors (Lipinski definition) is 26. The van der Waals surface area contributed by atoms with E-state index in [1.165, 1.54) is 131 Å². The van der Waals surface area contributed by atoms with Crippen LogP contribution in [0.4, 0.5) is 28.0 Å². The summed E-state index contributed by atoms with van der Waals surface area (Å²) < 4.78 is 96.4. The standard InChI is InChI=1S/C23H20FN7O3.C14H18FNO5.C11H14FNO3.C9H10FNO3.C5H11NO3.C4H9NO3.C4H8O.CH2Cl2.3ClH/c1-31-10-12(8-27-31)21-17-9-26-30-22(32)16-6-14(7-19(29-21)20(16)17)28-23(33)18(25)11-34-15-4-2-13(24)3-5-15;1-14(2,3)21-13(19)16-11(12(17)18)8-20-10-6-4-9(15)5-7-10;1-13-10(11(14)15-2)7-16-9-5-3-8(12)4-6-9;10-6-1-3-7(4-2-6)14-5-8(11)9(12)13;1-6-4(3-7)5(8)9-2;1-8-4(7)3(5)2-6;1-2-4-5-3-1;2-1-3;;;/h2-10,18,29H,11,25H2,1H3,(H,28,33)(H,30,32);4-7,11H,8H2,1-3H3,(H,16,19)(H,17,18);3-6,10,13H,7H2,1-2H3;1-4,8H,5,11H2,(H,12,13);4,6-7H,3H2,1-2H3;3,6H,2,5H2,1H3;1-4H2;1H2;3*1H/t18-;11-;10-;8-;4-;3-;;;;;/m111111...../s1. The first-order valence-electron chi connectivity index (χ1n) is 32.8. The number of methoxy groups -OCH3 is 3. The molecule has 1 saturated heterocycles. The number of nitrogens with two attached hydrogens (primary N) is 3. The van der Waals surface area contributed by atoms with Gasteiger partial charge in [0, 0.05) is 54.2 Å². The molecule has 5 aromatic carbocycles. The molecule has 6 atom stereocenters. The lowest BCUT2D eigenvalue weighted by Crippen LogP contribution is -2.46. The number of nitrogens with zero attached hydrogens (tertiary/aromatic N) is 3. The predicted octanol–water partition coefficient (Wildman–Crippen LogP) is 6.60. The van der Waals surface area contributed by atoms with Crippen LogP contribution in [0.25, 0.3) is 22.2 Å². The number of carboxylic acids is 2. The fraction of sp³-hybridized carbons (Fsp3) is 0.380. The monoisotopic (exact) mass is 1700 g/mol. The summed E-state index contributed by atoms with van der Waals surface area (Å²) >= 11 is 9.53. The van der Waals surface area contributed by atoms with Crippen molar-refractivity contribution in [3.8, 4) is 34.3 Å². The highest BCUT2D eigenvalue weighted by Gasteiger charge is 2.27. The average Bonchev–Trinajstić information content (AvgIpc) is 1.60. The summed E-state index contributed by atoms with van der Waals surface area (Å²) in [4.78, 5) is 93.5. The van der Waals surface area contributed by atoms with Gasteiger partial charge in [-0.05, 0) is 157 Å². The smallest absolute Gasteiger partial charge is 0.408 e. The molecule has 0 spiro atoms. The van der Waals surface area contributed by atoms with Crippen LogP contribution in [0.15, 0.2) is 127 Å². The number of carboxylic acid groups (broad SMARTS) is 2. The summed E-state index contributed by atoms with van der Waals surface area (Å²) in [5, 5.41) is 53.5. The van der Waals surface area contributed by atoms with Crippen molar-refractivity contribution < 1.29 is 119 Å². The van der Waals surface area contributed by atoms with Crippen LogP contribution in [0.1, 0.15) is 49.5 Å². The molecule has 2 aliphatic rings. The first kappa shape index (κ1) is 105. The first-order chi connectivity index (χ1) is 52.2. The number of esters is 3. The molecule has 0 aliphatic carbocycles. The van der Waals surface area contributed by atoms with Gasteiger partial charge in [-0.15, -0.1) is 60.4 Å². The van der Waals surface area contributed by atoms with Gasteiger partial charge < -0.3 is 107 Å². The molecule has 0 saturated carbocycles. The number of rotatable bonds is 25. The lowest BCUT2D eigenvalue weighted by Gasteiger charge is -2.22. The highest BCUT2D eigenvalue weighted by atomic mass is 35.5. The molecule has 9 rings (SSSR count). The number of hydrazone groups is 1. The van der Waals surface area contributed by atoms with Gasteiger partial charge in [-0.2, -0.15) is 10.2 Å². The van der Waals surface area contributed by atoms with Crippen molar-refractivity contribution in [3.05, 3.63) is 156 Å². The van der Waals surface area contributed by atoms with Crippen LogP contribution < -0.4 is 62.8 Å². The minimum Gasteiger partial charge on any atom is -0.491 e. The molecule has 0 radical (unpaired) electrons. The van der Waals surface area contributed by atoms with Gasteiger partial charge in [0.15, 0.2) is 6.04 Å². The van der Waals surface area contributed by atoms with Gasteiger partial charge in [0.2, 0.25) is 5.91 Å². The summed E-state index contributed by atoms with van der Waals surface area (Å²) in [5.41, 5.74) is 21.6. The Morgan fingerprint density at radius 2 is 1.04 bits per heavy atom. The van der Waals surface area contributed by atoms with Crippen LogP contribution in [-0.2, 0) is 59.5 Å². The fourth-order valence-electron chi connectivity index (χ4n) is 8.17. The Balaban J connectivity index is 0. The van der Waals surface area contributed by atoms with E-state index in [0.29, 0.717) is 45.2 Å². The van der Waals surface area contributed by atoms with Crippen molar-refractivity contribution in [2.45, 2.75) is 75.5 Å². The Kier molecular flexibility index (Phi) is 53.2. The molecule has 2 aliphatic heterocycles. The first-order valence-corrected chi connectivity index (χ1v) is 33.9. The van der Waals surface area contributed by atoms with E-state index < -0.39 is 101 Å². The number of H-pyrrole nitrogens is 1. The molecule has 42 heteroatoms. The Labute approximate surface area is 676 Å². The van der Waals surface area contributed by atoms with E-state index in [1.54, 1.807) is 64.1 Å². The number of ether oxygens (including phenoxy) is 9. The molecule has 113 heavy (non-hydrogen) atoms. The zero-order valence-corrected chi connectivity index (χ0v) is 66.6. The molecule has 0 unspecified atom stereocenters. The van der Waals surface area contributed by atoms with E-state index in [1.807, 2.05) is 13.2 Å². The fourth-order valence-corrected chi connectivity index (χ4v) is 8.17. The van der Waals surface area contributed by atoms with E-state index in [0.717, 1.165) is 30.0 Å². The zero-order valence-electron chi connectivity index (χ0n) is 62.7. The van der Waals surface area contributed by atoms with Gasteiger partial charge in [0.05, 0.1) is 63.6 Å². The van der Waals surface area contributed by atoms with Crippen LogP contribution in [-0.4, -0.2) is 225 Å². The predicted molar refractivity (Wildman–Crippen MR) is 418 cm³/mol. The van der Waals surface area contributed by atoms with Crippen molar-refractivity contribution in [2.24, 2.45) is 29.4 Å². The van der Waals surface area contributed by atoms with Crippen molar-refractivity contribution in [3.63, 3.8) is 0 Å². The largest absolute Gasteiger partial charge is 0.491 e. The second-order valence-corrected chi connectivity index (χ2v) is 24.1. The van der Waals surface area contributed by atoms with Crippen molar-refractivity contribution in [1.29, 1.82) is 0 Å². The summed E-state index contributed by atoms with van der Waals surface area (Å²) in [7, 11) is 8.84. The number of likely N-dealkylation sites (N-methyl/N-ethyl adjacent to an activating group) is 2. The Hall–Kier alpha value is -9.87. The third-order valence-electron chi connectivity index (χ3n) is 13.8. The number of aliphatic hydroxyl groups is 2. The highest BCUT2D eigenvalue weighted by Crippen LogP contribution is 2.34. The Morgan fingerprint density at radius 3 is 1.39 bits per heavy atom. The summed E-state index contributed by atoms with van der Waals surface area (Å²) in [6, 6.07) is 19.3. The molecule has 3 amide bonds. The van der Waals surface area contributed by atoms with Gasteiger partial charge in [-0.1, -0.05) is 0 Å². The number of aromatic nitrogens is 3. The van der Waals surface area contributed by atoms with E-state index in [9.17, 15) is 55.9 Å². The SMILES string of the molecule is C1CCOC1.CC(C)(C)OC(=O)N[C@H](COc1ccc(F)cc1)C(=O)O.CN[C@H](CO)C(=O)OC.CN[C@H](COc1ccc(F)cc1)C(=O)OC.COC(=O)[C@H](N)CO.Cl.Cl.Cl.ClCCl.Cn1cc(-c2[nH]c3cc(NC(=O)[C@H](N)COc4ccc(F)cc4)cc4c3c2C=NNC4=O)cn1.N[C@H](COc1ccc(F)cc1)C(=O)O. The quantitative estimate of drug-likeness (QED) is 0.0124. The summed E-state index contributed by atoms with van der Waals surface area (Å²) in [6.07, 6.45) is 6.84. The molecule has 0 bridgehead atoms. The number of halogens is 9. The van der Waals surface area contributed by atoms with E-state index in [4.69, 9.17) is 89.3 Å². The maximum absolute atomic E-state index is 13.0. The average molecular weight is 1710 g/mol. The number of aromatic amines is 1. The zero-order chi connectivity index (χ0) is 82.5. The number of carbonyl (C=O) groups excluding carboxylic acids is 6. The molecular weight excluding hydrogens is 1610 g/mol. The number of carbonyl (C=O) groups is 8. The Bertz CT molecular complexity index is 3980. The molecule has 2 aromatic heterocycles. The summed E-state index contributed by atoms with van der Waals surface area (Å²) in [6.45, 7) is 5.97. The topological polar surface area (TPSA) is 485 Å². The minimum absolute atomic E-state index is 0. The van der Waals surface area contributed by atoms with Gasteiger partial charge >= 0.3 is 35.9 Å². The molecular formula is C71H95Cl5F4N12O21. The molecule has 16 N–H and O–H groups in total. The molecule has 33 nitrogen and oxygen atoms in total. The number of alkyl halides is 2. The third-order valence-corrected chi connectivity index (χ3v) is 13.8. The normalized spacial score (nSPS) is 12.7. The number of hydrogen-bond donors (Lipinski definition) is 13. The Morgan fingerprint density at radius 1 is 0.619 bits per heavy atom. The van der Waals surface area contributed by atoms with Gasteiger partial charge in [-0.3, -0.25) is 33.4 Å². The number of aryl methyl sites for hydroxylation is 1. The van der Waals surface area contributed by atoms with E-state index in [-0.39, 0.29) is 93.8 Å². The third kappa shape index (κ3) is 41.5. The second kappa shape index (κ2) is 57.2. The van der Waals surface area contributed by atoms with Crippen LogP contribution in [0.3, 0.4) is 0 Å². The maximum Gasteiger partial charge on any atom is 0.408 e. The number of alkyl carbamates (subject to hydrolysis) is 1. The van der Waals surface area contributed by atoms with Crippen LogP contribution in [0.5, 0.6) is 23.0 Å². The van der Waals surface area contributed by atoms with Gasteiger partial charge in [-0.25, -0.2) is 32.6 Å². The minimum atomic E-state index is -1.27. The lowest BCUT2D eigenvalue weighted by molar-refractivity contribution is -0.144. The molecule has 4 heterocycles.